The van der Waals surface area contributed by atoms with Gasteiger partial charge in [0.1, 0.15) is 5.76 Å². The number of hydrogen-bond acceptors (Lipinski definition) is 3. The van der Waals surface area contributed by atoms with Crippen LogP contribution >= 0.6 is 15.9 Å². The number of furan rings is 1. The highest BCUT2D eigenvalue weighted by molar-refractivity contribution is 9.10. The third-order valence-corrected chi connectivity index (χ3v) is 3.98. The van der Waals surface area contributed by atoms with Crippen LogP contribution in [0.1, 0.15) is 56.8 Å². The van der Waals surface area contributed by atoms with Gasteiger partial charge in [-0.2, -0.15) is 5.10 Å². The van der Waals surface area contributed by atoms with Crippen molar-refractivity contribution in [1.29, 1.82) is 0 Å². The molecule has 2 heterocycles. The highest BCUT2D eigenvalue weighted by Crippen LogP contribution is 2.32. The summed E-state index contributed by atoms with van der Waals surface area (Å²) in [5.41, 5.74) is 2.34. The van der Waals surface area contributed by atoms with E-state index in [0.29, 0.717) is 6.04 Å². The van der Waals surface area contributed by atoms with Gasteiger partial charge in [-0.1, -0.05) is 13.8 Å². The first-order chi connectivity index (χ1) is 9.60. The average molecular weight is 340 g/mol. The van der Waals surface area contributed by atoms with Gasteiger partial charge in [0.2, 0.25) is 0 Å². The predicted molar refractivity (Wildman–Crippen MR) is 83.9 cm³/mol. The van der Waals surface area contributed by atoms with Crippen molar-refractivity contribution in [3.8, 4) is 0 Å². The fourth-order valence-corrected chi connectivity index (χ4v) is 2.99. The second-order valence-corrected chi connectivity index (χ2v) is 5.91. The van der Waals surface area contributed by atoms with E-state index in [4.69, 9.17) is 4.42 Å². The lowest BCUT2D eigenvalue weighted by Crippen LogP contribution is -2.26. The van der Waals surface area contributed by atoms with Crippen LogP contribution < -0.4 is 5.32 Å². The van der Waals surface area contributed by atoms with Crippen molar-refractivity contribution in [3.63, 3.8) is 0 Å². The highest BCUT2D eigenvalue weighted by Gasteiger charge is 2.25. The van der Waals surface area contributed by atoms with Gasteiger partial charge in [-0.15, -0.1) is 0 Å². The Hall–Kier alpha value is -1.07. The standard InChI is InChI=1S/C15H22BrN3O/c1-5-13-11(7-8-20-13)14(17-6-2)15-12(16)9-18-19(15)10(3)4/h7-10,14,17H,5-6H2,1-4H3. The highest BCUT2D eigenvalue weighted by atomic mass is 79.9. The topological polar surface area (TPSA) is 43.0 Å². The van der Waals surface area contributed by atoms with Gasteiger partial charge < -0.3 is 9.73 Å². The number of halogens is 1. The second kappa shape index (κ2) is 6.59. The zero-order valence-corrected chi connectivity index (χ0v) is 14.1. The number of aryl methyl sites for hydroxylation is 1. The molecule has 1 N–H and O–H groups in total. The molecule has 1 atom stereocenters. The average Bonchev–Trinajstić information content (AvgIpc) is 3.02. The summed E-state index contributed by atoms with van der Waals surface area (Å²) >= 11 is 3.63. The van der Waals surface area contributed by atoms with Gasteiger partial charge in [0.25, 0.3) is 0 Å². The molecule has 2 aromatic rings. The third kappa shape index (κ3) is 2.83. The van der Waals surface area contributed by atoms with Crippen LogP contribution in [0.5, 0.6) is 0 Å². The monoisotopic (exact) mass is 339 g/mol. The van der Waals surface area contributed by atoms with Crippen LogP contribution in [0.4, 0.5) is 0 Å². The van der Waals surface area contributed by atoms with Gasteiger partial charge >= 0.3 is 0 Å². The summed E-state index contributed by atoms with van der Waals surface area (Å²) < 4.78 is 8.68. The maximum atomic E-state index is 5.59. The van der Waals surface area contributed by atoms with E-state index >= 15 is 0 Å². The van der Waals surface area contributed by atoms with E-state index in [2.05, 4.69) is 64.8 Å². The summed E-state index contributed by atoms with van der Waals surface area (Å²) in [7, 11) is 0. The van der Waals surface area contributed by atoms with Crippen molar-refractivity contribution >= 4 is 15.9 Å². The van der Waals surface area contributed by atoms with Crippen molar-refractivity contribution in [2.24, 2.45) is 0 Å². The van der Waals surface area contributed by atoms with Crippen LogP contribution in [-0.4, -0.2) is 16.3 Å². The van der Waals surface area contributed by atoms with E-state index in [9.17, 15) is 0 Å². The number of nitrogens with one attached hydrogen (secondary N) is 1. The van der Waals surface area contributed by atoms with E-state index in [0.717, 1.165) is 28.9 Å². The summed E-state index contributed by atoms with van der Waals surface area (Å²) in [6, 6.07) is 2.46. The molecule has 1 unspecified atom stereocenters. The smallest absolute Gasteiger partial charge is 0.108 e. The fourth-order valence-electron chi connectivity index (χ4n) is 2.49. The molecular formula is C15H22BrN3O. The maximum Gasteiger partial charge on any atom is 0.108 e. The van der Waals surface area contributed by atoms with Crippen LogP contribution in [-0.2, 0) is 6.42 Å². The van der Waals surface area contributed by atoms with Crippen molar-refractivity contribution in [3.05, 3.63) is 40.0 Å². The van der Waals surface area contributed by atoms with Crippen LogP contribution in [0.2, 0.25) is 0 Å². The largest absolute Gasteiger partial charge is 0.469 e. The van der Waals surface area contributed by atoms with Gasteiger partial charge in [-0.3, -0.25) is 4.68 Å². The van der Waals surface area contributed by atoms with Gasteiger partial charge in [0, 0.05) is 18.0 Å². The molecule has 0 aliphatic rings. The minimum absolute atomic E-state index is 0.0907. The van der Waals surface area contributed by atoms with Crippen LogP contribution in [0.15, 0.2) is 27.4 Å². The van der Waals surface area contributed by atoms with Crippen LogP contribution in [0, 0.1) is 0 Å². The molecule has 0 aromatic carbocycles. The van der Waals surface area contributed by atoms with Crippen molar-refractivity contribution < 1.29 is 4.42 Å². The van der Waals surface area contributed by atoms with Crippen molar-refractivity contribution in [1.82, 2.24) is 15.1 Å². The van der Waals surface area contributed by atoms with E-state index < -0.39 is 0 Å². The van der Waals surface area contributed by atoms with Crippen molar-refractivity contribution in [2.75, 3.05) is 6.54 Å². The van der Waals surface area contributed by atoms with E-state index in [-0.39, 0.29) is 6.04 Å². The zero-order valence-electron chi connectivity index (χ0n) is 12.5. The van der Waals surface area contributed by atoms with Gasteiger partial charge in [0.05, 0.1) is 28.7 Å². The van der Waals surface area contributed by atoms with E-state index in [1.54, 1.807) is 6.26 Å². The molecule has 2 aromatic heterocycles. The molecule has 0 aliphatic carbocycles. The van der Waals surface area contributed by atoms with Gasteiger partial charge in [0.15, 0.2) is 0 Å². The molecule has 0 radical (unpaired) electrons. The fraction of sp³-hybridized carbons (Fsp3) is 0.533. The second-order valence-electron chi connectivity index (χ2n) is 5.06. The quantitative estimate of drug-likeness (QED) is 0.862. The molecule has 0 amide bonds. The minimum Gasteiger partial charge on any atom is -0.469 e. The normalized spacial score (nSPS) is 13.1. The summed E-state index contributed by atoms with van der Waals surface area (Å²) in [6.45, 7) is 9.39. The Morgan fingerprint density at radius 3 is 2.75 bits per heavy atom. The minimum atomic E-state index is 0.0907. The molecular weight excluding hydrogens is 318 g/mol. The first kappa shape index (κ1) is 15.3. The van der Waals surface area contributed by atoms with Gasteiger partial charge in [-0.25, -0.2) is 0 Å². The molecule has 20 heavy (non-hydrogen) atoms. The summed E-state index contributed by atoms with van der Waals surface area (Å²) in [4.78, 5) is 0. The Labute approximate surface area is 128 Å². The Morgan fingerprint density at radius 2 is 2.15 bits per heavy atom. The lowest BCUT2D eigenvalue weighted by molar-refractivity contribution is 0.464. The summed E-state index contributed by atoms with van der Waals surface area (Å²) in [6.07, 6.45) is 4.52. The van der Waals surface area contributed by atoms with Crippen molar-refractivity contribution in [2.45, 2.75) is 46.2 Å². The van der Waals surface area contributed by atoms with E-state index in [1.807, 2.05) is 6.20 Å². The number of rotatable bonds is 6. The van der Waals surface area contributed by atoms with Gasteiger partial charge in [-0.05, 0) is 42.4 Å². The number of nitrogens with zero attached hydrogens (tertiary/aromatic N) is 2. The van der Waals surface area contributed by atoms with Crippen LogP contribution in [0.3, 0.4) is 0 Å². The molecule has 0 spiro atoms. The molecule has 0 fully saturated rings. The molecule has 5 heteroatoms. The summed E-state index contributed by atoms with van der Waals surface area (Å²) in [5, 5.41) is 8.03. The molecule has 4 nitrogen and oxygen atoms in total. The lowest BCUT2D eigenvalue weighted by atomic mass is 10.0. The maximum absolute atomic E-state index is 5.59. The molecule has 0 saturated heterocycles. The first-order valence-corrected chi connectivity index (χ1v) is 7.91. The molecule has 0 aliphatic heterocycles. The van der Waals surface area contributed by atoms with E-state index in [1.165, 1.54) is 5.56 Å². The third-order valence-electron chi connectivity index (χ3n) is 3.37. The van der Waals surface area contributed by atoms with Crippen LogP contribution in [0.25, 0.3) is 0 Å². The molecule has 2 rings (SSSR count). The Bertz CT molecular complexity index is 559. The predicted octanol–water partition coefficient (Wildman–Crippen LogP) is 4.08. The molecule has 0 saturated carbocycles. The Balaban J connectivity index is 2.51. The number of hydrogen-bond donors (Lipinski definition) is 1. The number of aromatic nitrogens is 2. The lowest BCUT2D eigenvalue weighted by Gasteiger charge is -2.22. The molecule has 0 bridgehead atoms. The summed E-state index contributed by atoms with van der Waals surface area (Å²) in [5.74, 6) is 1.03. The molecule has 110 valence electrons. The Morgan fingerprint density at radius 1 is 1.40 bits per heavy atom. The SMILES string of the molecule is CCNC(c1ccoc1CC)c1c(Br)cnn1C(C)C. The first-order valence-electron chi connectivity index (χ1n) is 7.12. The Kier molecular flexibility index (Phi) is 5.05. The zero-order chi connectivity index (χ0) is 14.7.